The number of hydrogen-bond donors (Lipinski definition) is 3. The summed E-state index contributed by atoms with van der Waals surface area (Å²) in [5.41, 5.74) is 2.38. The number of nitrogens with zero attached hydrogens (tertiary/aromatic N) is 4. The van der Waals surface area contributed by atoms with Crippen molar-refractivity contribution in [3.63, 3.8) is 0 Å². The molecular formula is C19H24N6O3. The van der Waals surface area contributed by atoms with Gasteiger partial charge in [0, 0.05) is 25.1 Å². The van der Waals surface area contributed by atoms with Crippen LogP contribution in [0.2, 0.25) is 0 Å². The van der Waals surface area contributed by atoms with Crippen LogP contribution in [0, 0.1) is 6.92 Å². The maximum absolute atomic E-state index is 12.2. The van der Waals surface area contributed by atoms with Crippen molar-refractivity contribution in [3.05, 3.63) is 53.3 Å². The molecule has 0 saturated carbocycles. The van der Waals surface area contributed by atoms with Gasteiger partial charge < -0.3 is 20.5 Å². The predicted octanol–water partition coefficient (Wildman–Crippen LogP) is 0.826. The molecule has 0 radical (unpaired) electrons. The summed E-state index contributed by atoms with van der Waals surface area (Å²) in [5.74, 6) is 1.22. The SMILES string of the molecule is Cc1ccc(C(=O)NCCc2nnc3ccc(NCCOCCO)nn23)cc1. The number of aryl methyl sites for hydroxylation is 1. The number of ether oxygens (including phenoxy) is 1. The van der Waals surface area contributed by atoms with Crippen LogP contribution >= 0.6 is 0 Å². The molecule has 3 aromatic rings. The topological polar surface area (TPSA) is 114 Å². The fourth-order valence-electron chi connectivity index (χ4n) is 2.60. The van der Waals surface area contributed by atoms with Crippen LogP contribution in [0.5, 0.6) is 0 Å². The summed E-state index contributed by atoms with van der Waals surface area (Å²) in [6, 6.07) is 11.1. The molecule has 9 heteroatoms. The van der Waals surface area contributed by atoms with Crippen molar-refractivity contribution < 1.29 is 14.6 Å². The zero-order chi connectivity index (χ0) is 19.8. The van der Waals surface area contributed by atoms with Crippen LogP contribution in [-0.4, -0.2) is 63.7 Å². The van der Waals surface area contributed by atoms with Gasteiger partial charge in [-0.3, -0.25) is 4.79 Å². The Morgan fingerprint density at radius 2 is 1.93 bits per heavy atom. The lowest BCUT2D eigenvalue weighted by Crippen LogP contribution is -2.26. The normalized spacial score (nSPS) is 10.9. The van der Waals surface area contributed by atoms with Gasteiger partial charge in [0.15, 0.2) is 11.5 Å². The smallest absolute Gasteiger partial charge is 0.251 e. The Labute approximate surface area is 162 Å². The first-order valence-electron chi connectivity index (χ1n) is 9.16. The average Bonchev–Trinajstić information content (AvgIpc) is 3.10. The highest BCUT2D eigenvalue weighted by atomic mass is 16.5. The number of rotatable bonds is 10. The summed E-state index contributed by atoms with van der Waals surface area (Å²) < 4.78 is 6.87. The van der Waals surface area contributed by atoms with E-state index in [1.54, 1.807) is 16.6 Å². The standard InChI is InChI=1S/C19H24N6O3/c1-14-2-4-15(5-3-14)19(27)21-9-8-18-23-22-17-7-6-16(24-25(17)18)20-10-12-28-13-11-26/h2-7,26H,8-13H2,1H3,(H,20,24)(H,21,27). The van der Waals surface area contributed by atoms with E-state index in [9.17, 15) is 4.79 Å². The maximum Gasteiger partial charge on any atom is 0.251 e. The number of carbonyl (C=O) groups is 1. The van der Waals surface area contributed by atoms with Crippen LogP contribution in [-0.2, 0) is 11.2 Å². The fraction of sp³-hybridized carbons (Fsp3) is 0.368. The second kappa shape index (κ2) is 9.77. The average molecular weight is 384 g/mol. The number of hydrogen-bond acceptors (Lipinski definition) is 7. The first-order chi connectivity index (χ1) is 13.7. The van der Waals surface area contributed by atoms with E-state index in [4.69, 9.17) is 9.84 Å². The molecule has 0 aliphatic heterocycles. The van der Waals surface area contributed by atoms with Crippen molar-refractivity contribution in [2.75, 3.05) is 38.2 Å². The molecule has 0 aliphatic carbocycles. The Morgan fingerprint density at radius 1 is 1.11 bits per heavy atom. The predicted molar refractivity (Wildman–Crippen MR) is 104 cm³/mol. The minimum Gasteiger partial charge on any atom is -0.394 e. The molecule has 0 spiro atoms. The first kappa shape index (κ1) is 19.7. The first-order valence-corrected chi connectivity index (χ1v) is 9.16. The van der Waals surface area contributed by atoms with Crippen molar-refractivity contribution in [2.24, 2.45) is 0 Å². The second-order valence-electron chi connectivity index (χ2n) is 6.24. The van der Waals surface area contributed by atoms with Crippen molar-refractivity contribution in [2.45, 2.75) is 13.3 Å². The molecule has 28 heavy (non-hydrogen) atoms. The van der Waals surface area contributed by atoms with E-state index in [1.165, 1.54) is 0 Å². The van der Waals surface area contributed by atoms with Crippen molar-refractivity contribution in [1.29, 1.82) is 0 Å². The number of amides is 1. The lowest BCUT2D eigenvalue weighted by Gasteiger charge is -2.07. The highest BCUT2D eigenvalue weighted by Gasteiger charge is 2.09. The fourth-order valence-corrected chi connectivity index (χ4v) is 2.60. The van der Waals surface area contributed by atoms with E-state index >= 15 is 0 Å². The van der Waals surface area contributed by atoms with E-state index in [-0.39, 0.29) is 12.5 Å². The largest absolute Gasteiger partial charge is 0.394 e. The zero-order valence-electron chi connectivity index (χ0n) is 15.8. The summed E-state index contributed by atoms with van der Waals surface area (Å²) in [6.45, 7) is 3.79. The molecule has 0 atom stereocenters. The van der Waals surface area contributed by atoms with Crippen LogP contribution in [0.3, 0.4) is 0 Å². The Bertz CT molecular complexity index is 910. The van der Waals surface area contributed by atoms with Crippen LogP contribution in [0.4, 0.5) is 5.82 Å². The van der Waals surface area contributed by atoms with E-state index in [0.29, 0.717) is 55.6 Å². The molecule has 0 saturated heterocycles. The van der Waals surface area contributed by atoms with E-state index in [1.807, 2.05) is 31.2 Å². The molecule has 3 N–H and O–H groups in total. The monoisotopic (exact) mass is 384 g/mol. The highest BCUT2D eigenvalue weighted by molar-refractivity contribution is 5.94. The van der Waals surface area contributed by atoms with Crippen molar-refractivity contribution in [3.8, 4) is 0 Å². The molecule has 2 aromatic heterocycles. The molecule has 148 valence electrons. The minimum absolute atomic E-state index is 0.00866. The minimum atomic E-state index is -0.119. The molecule has 3 rings (SSSR count). The molecule has 0 unspecified atom stereocenters. The van der Waals surface area contributed by atoms with Crippen LogP contribution in [0.15, 0.2) is 36.4 Å². The highest BCUT2D eigenvalue weighted by Crippen LogP contribution is 2.08. The number of nitrogens with one attached hydrogen (secondary N) is 2. The summed E-state index contributed by atoms with van der Waals surface area (Å²) in [7, 11) is 0. The number of aliphatic hydroxyl groups excluding tert-OH is 1. The molecule has 2 heterocycles. The Kier molecular flexibility index (Phi) is 6.88. The van der Waals surface area contributed by atoms with Crippen LogP contribution in [0.25, 0.3) is 5.65 Å². The molecule has 0 fully saturated rings. The van der Waals surface area contributed by atoms with Crippen molar-refractivity contribution in [1.82, 2.24) is 25.1 Å². The summed E-state index contributed by atoms with van der Waals surface area (Å²) in [5, 5.41) is 27.5. The molecule has 1 amide bonds. The van der Waals surface area contributed by atoms with Crippen LogP contribution in [0.1, 0.15) is 21.7 Å². The number of fused-ring (bicyclic) bond motifs is 1. The Hall–Kier alpha value is -3.04. The van der Waals surface area contributed by atoms with Gasteiger partial charge in [0.25, 0.3) is 5.91 Å². The zero-order valence-corrected chi connectivity index (χ0v) is 15.8. The lowest BCUT2D eigenvalue weighted by molar-refractivity contribution is 0.0954. The van der Waals surface area contributed by atoms with Gasteiger partial charge in [-0.05, 0) is 31.2 Å². The third-order valence-electron chi connectivity index (χ3n) is 4.06. The van der Waals surface area contributed by atoms with Gasteiger partial charge in [-0.1, -0.05) is 17.7 Å². The number of benzene rings is 1. The van der Waals surface area contributed by atoms with Crippen LogP contribution < -0.4 is 10.6 Å². The van der Waals surface area contributed by atoms with Gasteiger partial charge in [-0.25, -0.2) is 0 Å². The third-order valence-corrected chi connectivity index (χ3v) is 4.06. The van der Waals surface area contributed by atoms with E-state index in [0.717, 1.165) is 5.56 Å². The van der Waals surface area contributed by atoms with E-state index < -0.39 is 0 Å². The van der Waals surface area contributed by atoms with Gasteiger partial charge in [-0.15, -0.1) is 15.3 Å². The molecule has 9 nitrogen and oxygen atoms in total. The summed E-state index contributed by atoms with van der Waals surface area (Å²) >= 11 is 0. The Balaban J connectivity index is 1.54. The summed E-state index contributed by atoms with van der Waals surface area (Å²) in [6.07, 6.45) is 0.509. The molecule has 0 aliphatic rings. The quantitative estimate of drug-likeness (QED) is 0.444. The third kappa shape index (κ3) is 5.24. The summed E-state index contributed by atoms with van der Waals surface area (Å²) in [4.78, 5) is 12.2. The second-order valence-corrected chi connectivity index (χ2v) is 6.24. The van der Waals surface area contributed by atoms with Crippen molar-refractivity contribution >= 4 is 17.4 Å². The number of aromatic nitrogens is 4. The number of aliphatic hydroxyl groups is 1. The van der Waals surface area contributed by atoms with Gasteiger partial charge in [0.05, 0.1) is 19.8 Å². The number of anilines is 1. The Morgan fingerprint density at radius 3 is 2.71 bits per heavy atom. The maximum atomic E-state index is 12.2. The molecular weight excluding hydrogens is 360 g/mol. The molecule has 0 bridgehead atoms. The van der Waals surface area contributed by atoms with Gasteiger partial charge in [0.2, 0.25) is 0 Å². The lowest BCUT2D eigenvalue weighted by atomic mass is 10.1. The van der Waals surface area contributed by atoms with Gasteiger partial charge in [-0.2, -0.15) is 4.52 Å². The van der Waals surface area contributed by atoms with Gasteiger partial charge in [0.1, 0.15) is 5.82 Å². The van der Waals surface area contributed by atoms with Gasteiger partial charge >= 0.3 is 0 Å². The van der Waals surface area contributed by atoms with E-state index in [2.05, 4.69) is 25.9 Å². The molecule has 1 aromatic carbocycles. The number of carbonyl (C=O) groups excluding carboxylic acids is 1.